The molecule has 2 N–H and O–H groups in total. The molecule has 6 rings (SSSR count). The van der Waals surface area contributed by atoms with Crippen molar-refractivity contribution in [3.05, 3.63) is 66.0 Å². The van der Waals surface area contributed by atoms with Gasteiger partial charge in [0.2, 0.25) is 6.54 Å². The predicted octanol–water partition coefficient (Wildman–Crippen LogP) is 3.36. The first-order valence-corrected chi connectivity index (χ1v) is 11.2. The zero-order chi connectivity index (χ0) is 20.6. The van der Waals surface area contributed by atoms with Crippen LogP contribution in [0.1, 0.15) is 49.7 Å². The van der Waals surface area contributed by atoms with Gasteiger partial charge in [-0.25, -0.2) is 4.79 Å². The second kappa shape index (κ2) is 7.86. The van der Waals surface area contributed by atoms with Crippen LogP contribution in [-0.2, 0) is 17.8 Å². The molecule has 0 unspecified atom stereocenters. The molecule has 0 spiro atoms. The molecule has 1 aromatic heterocycles. The summed E-state index contributed by atoms with van der Waals surface area (Å²) < 4.78 is 1.81. The van der Waals surface area contributed by atoms with Crippen LogP contribution in [-0.4, -0.2) is 17.5 Å². The lowest BCUT2D eigenvalue weighted by Crippen LogP contribution is -2.62. The van der Waals surface area contributed by atoms with Crippen molar-refractivity contribution in [2.45, 2.75) is 57.0 Å². The van der Waals surface area contributed by atoms with Gasteiger partial charge in [0.15, 0.2) is 12.4 Å². The molecule has 0 radical (unpaired) electrons. The van der Waals surface area contributed by atoms with E-state index in [4.69, 9.17) is 0 Å². The maximum absolute atomic E-state index is 12.5. The second-order valence-electron chi connectivity index (χ2n) is 9.74. The monoisotopic (exact) mass is 404 g/mol. The Morgan fingerprint density at radius 3 is 2.03 bits per heavy atom. The van der Waals surface area contributed by atoms with Gasteiger partial charge in [0.05, 0.1) is 0 Å². The number of amides is 3. The van der Waals surface area contributed by atoms with Crippen molar-refractivity contribution in [2.75, 3.05) is 0 Å². The van der Waals surface area contributed by atoms with Crippen LogP contribution < -0.4 is 15.2 Å². The Labute approximate surface area is 177 Å². The number of carbonyl (C=O) groups is 2. The smallest absolute Gasteiger partial charge is 0.322 e. The van der Waals surface area contributed by atoms with E-state index in [0.29, 0.717) is 0 Å². The molecule has 2 aromatic rings. The maximum Gasteiger partial charge on any atom is 0.322 e. The average Bonchev–Trinajstić information content (AvgIpc) is 2.68. The summed E-state index contributed by atoms with van der Waals surface area (Å²) in [6.45, 7) is 0.139. The highest BCUT2D eigenvalue weighted by molar-refractivity contribution is 5.93. The molecule has 5 heteroatoms. The molecule has 3 amide bonds. The van der Waals surface area contributed by atoms with E-state index in [0.717, 1.165) is 43.4 Å². The summed E-state index contributed by atoms with van der Waals surface area (Å²) in [4.78, 5) is 24.9. The van der Waals surface area contributed by atoms with E-state index in [2.05, 4.69) is 22.8 Å². The van der Waals surface area contributed by atoms with Crippen LogP contribution in [0.5, 0.6) is 0 Å². The molecule has 0 aliphatic heterocycles. The van der Waals surface area contributed by atoms with Gasteiger partial charge in [0.25, 0.3) is 5.91 Å². The van der Waals surface area contributed by atoms with Gasteiger partial charge >= 0.3 is 6.03 Å². The number of pyridine rings is 1. The van der Waals surface area contributed by atoms with Gasteiger partial charge in [-0.1, -0.05) is 30.3 Å². The third-order valence-electron chi connectivity index (χ3n) is 7.21. The van der Waals surface area contributed by atoms with Gasteiger partial charge in [-0.15, -0.1) is 0 Å². The van der Waals surface area contributed by atoms with Gasteiger partial charge in [0, 0.05) is 17.7 Å². The number of nitrogens with zero attached hydrogens (tertiary/aromatic N) is 1. The minimum Gasteiger partial charge on any atom is -0.332 e. The zero-order valence-corrected chi connectivity index (χ0v) is 17.3. The summed E-state index contributed by atoms with van der Waals surface area (Å²) in [5, 5.41) is 5.75. The van der Waals surface area contributed by atoms with Crippen LogP contribution in [0.2, 0.25) is 0 Å². The third-order valence-corrected chi connectivity index (χ3v) is 7.21. The molecular weight excluding hydrogens is 374 g/mol. The molecule has 4 fully saturated rings. The number of imide groups is 1. The molecule has 30 heavy (non-hydrogen) atoms. The normalized spacial score (nSPS) is 28.9. The number of hydrogen-bond donors (Lipinski definition) is 2. The molecule has 1 aromatic carbocycles. The van der Waals surface area contributed by atoms with Crippen molar-refractivity contribution in [1.82, 2.24) is 10.6 Å². The van der Waals surface area contributed by atoms with Crippen molar-refractivity contribution in [3.8, 4) is 0 Å². The summed E-state index contributed by atoms with van der Waals surface area (Å²) in [7, 11) is 0. The van der Waals surface area contributed by atoms with Crippen molar-refractivity contribution < 1.29 is 14.2 Å². The maximum atomic E-state index is 12.5. The summed E-state index contributed by atoms with van der Waals surface area (Å²) in [5.74, 6) is 2.00. The summed E-state index contributed by atoms with van der Waals surface area (Å²) in [5.41, 5.74) is 2.37. The molecule has 4 bridgehead atoms. The van der Waals surface area contributed by atoms with E-state index >= 15 is 0 Å². The van der Waals surface area contributed by atoms with Crippen LogP contribution in [0.3, 0.4) is 0 Å². The Bertz CT molecular complexity index is 888. The molecule has 0 saturated heterocycles. The van der Waals surface area contributed by atoms with Crippen molar-refractivity contribution in [2.24, 2.45) is 17.8 Å². The minimum absolute atomic E-state index is 0.0780. The average molecular weight is 405 g/mol. The number of rotatable bonds is 5. The van der Waals surface area contributed by atoms with Gasteiger partial charge in [-0.2, -0.15) is 4.57 Å². The molecule has 5 nitrogen and oxygen atoms in total. The first-order valence-electron chi connectivity index (χ1n) is 11.2. The molecule has 0 atom stereocenters. The number of hydrogen-bond acceptors (Lipinski definition) is 2. The predicted molar refractivity (Wildman–Crippen MR) is 113 cm³/mol. The van der Waals surface area contributed by atoms with Gasteiger partial charge in [0.1, 0.15) is 0 Å². The first-order chi connectivity index (χ1) is 14.6. The summed E-state index contributed by atoms with van der Waals surface area (Å²) in [6.07, 6.45) is 11.9. The lowest BCUT2D eigenvalue weighted by molar-refractivity contribution is -0.684. The Balaban J connectivity index is 1.13. The Kier molecular flexibility index (Phi) is 5.05. The standard InChI is InChI=1S/C25H29N3O2/c29-23(17-28-8-6-19(7-9-28)10-18-4-2-1-3-5-18)26-24(30)27-25-14-20-11-21(15-25)13-22(12-20)16-25/h1-9,20-22H,10-17H2,(H-,26,27,29,30)/p+1. The molecule has 1 heterocycles. The SMILES string of the molecule is O=C(C[n+]1ccc(Cc2ccccc2)cc1)NC(=O)NC12CC3CC(CC(C3)C1)C2. The van der Waals surface area contributed by atoms with Crippen LogP contribution in [0, 0.1) is 17.8 Å². The van der Waals surface area contributed by atoms with Crippen LogP contribution in [0.15, 0.2) is 54.9 Å². The van der Waals surface area contributed by atoms with Crippen molar-refractivity contribution in [1.29, 1.82) is 0 Å². The fraction of sp³-hybridized carbons (Fsp3) is 0.480. The van der Waals surface area contributed by atoms with Crippen LogP contribution >= 0.6 is 0 Å². The third kappa shape index (κ3) is 4.25. The van der Waals surface area contributed by atoms with E-state index < -0.39 is 0 Å². The molecular formula is C25H30N3O2+. The van der Waals surface area contributed by atoms with Gasteiger partial charge in [-0.05, 0) is 73.8 Å². The number of nitrogens with one attached hydrogen (secondary N) is 2. The largest absolute Gasteiger partial charge is 0.332 e. The van der Waals surface area contributed by atoms with Gasteiger partial charge < -0.3 is 5.32 Å². The van der Waals surface area contributed by atoms with Crippen LogP contribution in [0.4, 0.5) is 4.79 Å². The molecule has 4 saturated carbocycles. The highest BCUT2D eigenvalue weighted by Gasteiger charge is 2.51. The highest BCUT2D eigenvalue weighted by atomic mass is 16.2. The van der Waals surface area contributed by atoms with E-state index in [9.17, 15) is 9.59 Å². The van der Waals surface area contributed by atoms with Crippen molar-refractivity contribution in [3.63, 3.8) is 0 Å². The Morgan fingerprint density at radius 1 is 0.867 bits per heavy atom. The number of benzene rings is 1. The Morgan fingerprint density at radius 2 is 1.43 bits per heavy atom. The highest BCUT2D eigenvalue weighted by Crippen LogP contribution is 2.55. The van der Waals surface area contributed by atoms with E-state index in [1.807, 2.05) is 47.3 Å². The van der Waals surface area contributed by atoms with E-state index in [1.165, 1.54) is 30.4 Å². The van der Waals surface area contributed by atoms with Crippen LogP contribution in [0.25, 0.3) is 0 Å². The summed E-state index contributed by atoms with van der Waals surface area (Å²) in [6, 6.07) is 14.0. The zero-order valence-electron chi connectivity index (χ0n) is 17.3. The quantitative estimate of drug-likeness (QED) is 0.751. The number of carbonyl (C=O) groups excluding carboxylic acids is 2. The molecule has 4 aliphatic carbocycles. The summed E-state index contributed by atoms with van der Waals surface area (Å²) >= 11 is 0. The lowest BCUT2D eigenvalue weighted by Gasteiger charge is -2.56. The second-order valence-corrected chi connectivity index (χ2v) is 9.74. The van der Waals surface area contributed by atoms with Gasteiger partial charge in [-0.3, -0.25) is 10.1 Å². The fourth-order valence-electron chi connectivity index (χ4n) is 6.41. The van der Waals surface area contributed by atoms with E-state index in [-0.39, 0.29) is 24.0 Å². The number of aromatic nitrogens is 1. The minimum atomic E-state index is -0.330. The van der Waals surface area contributed by atoms with E-state index in [1.54, 1.807) is 0 Å². The Hall–Kier alpha value is -2.69. The first kappa shape index (κ1) is 19.3. The fourth-order valence-corrected chi connectivity index (χ4v) is 6.41. The molecule has 156 valence electrons. The topological polar surface area (TPSA) is 62.1 Å². The molecule has 4 aliphatic rings. The number of urea groups is 1. The lowest BCUT2D eigenvalue weighted by atomic mass is 9.53. The van der Waals surface area contributed by atoms with Crippen molar-refractivity contribution >= 4 is 11.9 Å².